The van der Waals surface area contributed by atoms with E-state index in [-0.39, 0.29) is 6.04 Å². The smallest absolute Gasteiger partial charge is 0.243 e. The van der Waals surface area contributed by atoms with Crippen molar-refractivity contribution in [3.05, 3.63) is 29.8 Å². The summed E-state index contributed by atoms with van der Waals surface area (Å²) in [7, 11) is -3.34. The summed E-state index contributed by atoms with van der Waals surface area (Å²) in [5.41, 5.74) is 1.15. The normalized spacial score (nSPS) is 21.5. The Morgan fingerprint density at radius 1 is 1.37 bits per heavy atom. The van der Waals surface area contributed by atoms with Crippen molar-refractivity contribution in [2.75, 3.05) is 25.9 Å². The molecule has 4 nitrogen and oxygen atoms in total. The van der Waals surface area contributed by atoms with Crippen molar-refractivity contribution in [2.45, 2.75) is 23.6 Å². The molecule has 1 unspecified atom stereocenters. The van der Waals surface area contributed by atoms with E-state index in [9.17, 15) is 8.42 Å². The second-order valence-corrected chi connectivity index (χ2v) is 7.60. The minimum Gasteiger partial charge on any atom is -0.312 e. The van der Waals surface area contributed by atoms with E-state index in [0.29, 0.717) is 24.5 Å². The zero-order valence-corrected chi connectivity index (χ0v) is 12.9. The highest BCUT2D eigenvalue weighted by atomic mass is 32.2. The van der Waals surface area contributed by atoms with E-state index in [1.165, 1.54) is 0 Å². The molecule has 0 aliphatic carbocycles. The van der Waals surface area contributed by atoms with E-state index in [1.54, 1.807) is 28.2 Å². The Morgan fingerprint density at radius 2 is 2.05 bits per heavy atom. The van der Waals surface area contributed by atoms with Crippen molar-refractivity contribution in [3.8, 4) is 0 Å². The second-order valence-electron chi connectivity index (χ2n) is 4.80. The van der Waals surface area contributed by atoms with Gasteiger partial charge in [-0.2, -0.15) is 16.1 Å². The van der Waals surface area contributed by atoms with Crippen LogP contribution < -0.4 is 5.32 Å². The van der Waals surface area contributed by atoms with Gasteiger partial charge in [-0.1, -0.05) is 12.1 Å². The minimum absolute atomic E-state index is 0.208. The van der Waals surface area contributed by atoms with Crippen LogP contribution in [0, 0.1) is 0 Å². The Balaban J connectivity index is 2.18. The maximum atomic E-state index is 12.5. The van der Waals surface area contributed by atoms with Gasteiger partial charge in [0, 0.05) is 31.4 Å². The molecule has 106 valence electrons. The summed E-state index contributed by atoms with van der Waals surface area (Å²) < 4.78 is 26.6. The number of nitrogens with zero attached hydrogens (tertiary/aromatic N) is 1. The van der Waals surface area contributed by atoms with Gasteiger partial charge in [-0.05, 0) is 30.9 Å². The van der Waals surface area contributed by atoms with Crippen molar-refractivity contribution in [1.82, 2.24) is 9.62 Å². The number of hydrogen-bond donors (Lipinski definition) is 1. The van der Waals surface area contributed by atoms with Crippen molar-refractivity contribution in [2.24, 2.45) is 0 Å². The summed E-state index contributed by atoms with van der Waals surface area (Å²) >= 11 is 1.73. The van der Waals surface area contributed by atoms with Gasteiger partial charge < -0.3 is 5.32 Å². The predicted molar refractivity (Wildman–Crippen MR) is 79.9 cm³/mol. The molecule has 1 saturated heterocycles. The third-order valence-electron chi connectivity index (χ3n) is 3.20. The first-order valence-corrected chi connectivity index (χ1v) is 9.19. The van der Waals surface area contributed by atoms with Crippen LogP contribution >= 0.6 is 11.8 Å². The molecule has 1 N–H and O–H groups in total. The van der Waals surface area contributed by atoms with Crippen LogP contribution in [0.4, 0.5) is 0 Å². The Bertz CT molecular complexity index is 514. The van der Waals surface area contributed by atoms with Crippen molar-refractivity contribution in [1.29, 1.82) is 0 Å². The highest BCUT2D eigenvalue weighted by Crippen LogP contribution is 2.19. The zero-order valence-electron chi connectivity index (χ0n) is 11.3. The van der Waals surface area contributed by atoms with Crippen LogP contribution in [-0.2, 0) is 15.8 Å². The quantitative estimate of drug-likeness (QED) is 0.916. The molecule has 19 heavy (non-hydrogen) atoms. The van der Waals surface area contributed by atoms with Crippen LogP contribution in [-0.4, -0.2) is 44.7 Å². The average molecular weight is 300 g/mol. The SMILES string of the molecule is CSCc1ccc(S(=O)(=O)N2CCNC(C)C2)cc1. The van der Waals surface area contributed by atoms with Crippen LogP contribution in [0.15, 0.2) is 29.2 Å². The van der Waals surface area contributed by atoms with Gasteiger partial charge in [-0.3, -0.25) is 0 Å². The molecule has 0 bridgehead atoms. The molecular formula is C13H20N2O2S2. The summed E-state index contributed by atoms with van der Waals surface area (Å²) in [5, 5.41) is 3.25. The highest BCUT2D eigenvalue weighted by molar-refractivity contribution is 7.97. The van der Waals surface area contributed by atoms with Gasteiger partial charge in [0.2, 0.25) is 10.0 Å². The summed E-state index contributed by atoms with van der Waals surface area (Å²) in [6.07, 6.45) is 2.03. The topological polar surface area (TPSA) is 49.4 Å². The maximum absolute atomic E-state index is 12.5. The third kappa shape index (κ3) is 3.51. The molecule has 1 aromatic carbocycles. The standard InChI is InChI=1S/C13H20N2O2S2/c1-11-9-15(8-7-14-11)19(16,17)13-5-3-12(4-6-13)10-18-2/h3-6,11,14H,7-10H2,1-2H3. The lowest BCUT2D eigenvalue weighted by molar-refractivity contribution is 0.310. The molecular weight excluding hydrogens is 280 g/mol. The van der Waals surface area contributed by atoms with E-state index < -0.39 is 10.0 Å². The molecule has 1 aliphatic heterocycles. The Kier molecular flexibility index (Phi) is 4.89. The lowest BCUT2D eigenvalue weighted by atomic mass is 10.2. The minimum atomic E-state index is -3.34. The number of nitrogens with one attached hydrogen (secondary N) is 1. The lowest BCUT2D eigenvalue weighted by Gasteiger charge is -2.31. The number of thioether (sulfide) groups is 1. The van der Waals surface area contributed by atoms with Gasteiger partial charge >= 0.3 is 0 Å². The molecule has 0 spiro atoms. The molecule has 0 saturated carbocycles. The van der Waals surface area contributed by atoms with Gasteiger partial charge in [0.15, 0.2) is 0 Å². The molecule has 0 amide bonds. The molecule has 1 atom stereocenters. The summed E-state index contributed by atoms with van der Waals surface area (Å²) in [6.45, 7) is 3.79. The summed E-state index contributed by atoms with van der Waals surface area (Å²) in [5.74, 6) is 0.908. The van der Waals surface area contributed by atoms with E-state index in [0.717, 1.165) is 11.3 Å². The first-order chi connectivity index (χ1) is 9.04. The van der Waals surface area contributed by atoms with Gasteiger partial charge in [-0.25, -0.2) is 8.42 Å². The first kappa shape index (κ1) is 14.8. The molecule has 6 heteroatoms. The van der Waals surface area contributed by atoms with E-state index in [2.05, 4.69) is 5.32 Å². The third-order valence-corrected chi connectivity index (χ3v) is 5.71. The average Bonchev–Trinajstić information content (AvgIpc) is 2.40. The van der Waals surface area contributed by atoms with Crippen molar-refractivity contribution in [3.63, 3.8) is 0 Å². The monoisotopic (exact) mass is 300 g/mol. The first-order valence-electron chi connectivity index (χ1n) is 6.35. The Hall–Kier alpha value is -0.560. The molecule has 0 aromatic heterocycles. The van der Waals surface area contributed by atoms with Gasteiger partial charge in [0.25, 0.3) is 0 Å². The maximum Gasteiger partial charge on any atom is 0.243 e. The number of hydrogen-bond acceptors (Lipinski definition) is 4. The van der Waals surface area contributed by atoms with Crippen molar-refractivity contribution >= 4 is 21.8 Å². The summed E-state index contributed by atoms with van der Waals surface area (Å²) in [4.78, 5) is 0.395. The van der Waals surface area contributed by atoms with Crippen LogP contribution in [0.25, 0.3) is 0 Å². The number of piperazine rings is 1. The molecule has 1 aliphatic rings. The summed E-state index contributed by atoms with van der Waals surface area (Å²) in [6, 6.07) is 7.44. The Morgan fingerprint density at radius 3 is 2.63 bits per heavy atom. The largest absolute Gasteiger partial charge is 0.312 e. The van der Waals surface area contributed by atoms with Gasteiger partial charge in [0.05, 0.1) is 4.90 Å². The van der Waals surface area contributed by atoms with Crippen LogP contribution in [0.1, 0.15) is 12.5 Å². The van der Waals surface area contributed by atoms with Crippen LogP contribution in [0.5, 0.6) is 0 Å². The van der Waals surface area contributed by atoms with Gasteiger partial charge in [-0.15, -0.1) is 0 Å². The molecule has 1 heterocycles. The molecule has 0 radical (unpaired) electrons. The highest BCUT2D eigenvalue weighted by Gasteiger charge is 2.28. The molecule has 1 fully saturated rings. The van der Waals surface area contributed by atoms with Crippen LogP contribution in [0.2, 0.25) is 0 Å². The van der Waals surface area contributed by atoms with E-state index in [1.807, 2.05) is 25.3 Å². The fraction of sp³-hybridized carbons (Fsp3) is 0.538. The number of sulfonamides is 1. The second kappa shape index (κ2) is 6.26. The Labute approximate surface area is 119 Å². The number of benzene rings is 1. The lowest BCUT2D eigenvalue weighted by Crippen LogP contribution is -2.51. The van der Waals surface area contributed by atoms with E-state index >= 15 is 0 Å². The molecule has 2 rings (SSSR count). The fourth-order valence-corrected chi connectivity index (χ4v) is 4.24. The molecule has 1 aromatic rings. The van der Waals surface area contributed by atoms with Crippen molar-refractivity contribution < 1.29 is 8.42 Å². The number of rotatable bonds is 4. The zero-order chi connectivity index (χ0) is 13.9. The van der Waals surface area contributed by atoms with E-state index in [4.69, 9.17) is 0 Å². The van der Waals surface area contributed by atoms with Gasteiger partial charge in [0.1, 0.15) is 0 Å². The fourth-order valence-electron chi connectivity index (χ4n) is 2.19. The van der Waals surface area contributed by atoms with Crippen LogP contribution in [0.3, 0.4) is 0 Å². The predicted octanol–water partition coefficient (Wildman–Crippen LogP) is 1.53.